The highest BCUT2D eigenvalue weighted by atomic mass is 32.2. The molecule has 98 valence electrons. The first-order valence-corrected chi connectivity index (χ1v) is 7.05. The van der Waals surface area contributed by atoms with Crippen LogP contribution in [0.25, 0.3) is 0 Å². The van der Waals surface area contributed by atoms with Crippen LogP contribution in [-0.4, -0.2) is 30.2 Å². The number of nitro groups is 1. The Balaban J connectivity index is 2.41. The molecule has 0 aliphatic carbocycles. The van der Waals surface area contributed by atoms with Crippen LogP contribution in [-0.2, 0) is 10.0 Å². The summed E-state index contributed by atoms with van der Waals surface area (Å²) in [5, 5.41) is 10.8. The number of hydrogen-bond acceptors (Lipinski definition) is 4. The Bertz CT molecular complexity index is 582. The summed E-state index contributed by atoms with van der Waals surface area (Å²) in [7, 11) is -3.74. The molecule has 1 aliphatic rings. The Morgan fingerprint density at radius 3 is 2.50 bits per heavy atom. The predicted octanol–water partition coefficient (Wildman–Crippen LogP) is 1.62. The van der Waals surface area contributed by atoms with Gasteiger partial charge in [0, 0.05) is 18.7 Å². The number of sulfonamides is 1. The fourth-order valence-corrected chi connectivity index (χ4v) is 3.77. The molecule has 18 heavy (non-hydrogen) atoms. The van der Waals surface area contributed by atoms with Crippen LogP contribution in [0.2, 0.25) is 0 Å². The lowest BCUT2D eigenvalue weighted by atomic mass is 10.1. The fourth-order valence-electron chi connectivity index (χ4n) is 1.91. The van der Waals surface area contributed by atoms with Crippen molar-refractivity contribution in [2.24, 2.45) is 5.92 Å². The van der Waals surface area contributed by atoms with Gasteiger partial charge in [0.05, 0.1) is 4.92 Å². The molecule has 0 aromatic heterocycles. The van der Waals surface area contributed by atoms with E-state index in [2.05, 4.69) is 0 Å². The fraction of sp³-hybridized carbons (Fsp3) is 0.455. The van der Waals surface area contributed by atoms with Crippen LogP contribution >= 0.6 is 0 Å². The van der Waals surface area contributed by atoms with Gasteiger partial charge < -0.3 is 0 Å². The lowest BCUT2D eigenvalue weighted by Gasteiger charge is -2.08. The summed E-state index contributed by atoms with van der Waals surface area (Å²) in [4.78, 5) is 9.96. The molecule has 0 N–H and O–H groups in total. The molecule has 1 saturated heterocycles. The highest BCUT2D eigenvalue weighted by Gasteiger charge is 2.47. The third-order valence-electron chi connectivity index (χ3n) is 3.02. The zero-order chi connectivity index (χ0) is 13.5. The quantitative estimate of drug-likeness (QED) is 0.473. The van der Waals surface area contributed by atoms with Gasteiger partial charge in [-0.05, 0) is 12.0 Å². The standard InChI is InChI=1S/C11H14N2O4S/c1-8(2)10-7-12(10)18(16,17)11-6-4-3-5-9(11)13(14)15/h3-6,8,10H,7H2,1-2H3. The highest BCUT2D eigenvalue weighted by molar-refractivity contribution is 7.89. The van der Waals surface area contributed by atoms with Gasteiger partial charge in [-0.3, -0.25) is 10.1 Å². The summed E-state index contributed by atoms with van der Waals surface area (Å²) in [6.07, 6.45) is 0. The minimum Gasteiger partial charge on any atom is -0.258 e. The summed E-state index contributed by atoms with van der Waals surface area (Å²) >= 11 is 0. The van der Waals surface area contributed by atoms with Gasteiger partial charge in [0.1, 0.15) is 0 Å². The van der Waals surface area contributed by atoms with E-state index in [0.29, 0.717) is 6.54 Å². The van der Waals surface area contributed by atoms with Crippen molar-refractivity contribution in [1.82, 2.24) is 4.31 Å². The second-order valence-electron chi connectivity index (χ2n) is 4.61. The molecule has 1 aromatic rings. The normalized spacial score (nSPS) is 23.1. The predicted molar refractivity (Wildman–Crippen MR) is 65.6 cm³/mol. The second kappa shape index (κ2) is 4.33. The molecular weight excluding hydrogens is 256 g/mol. The van der Waals surface area contributed by atoms with Crippen molar-refractivity contribution in [3.8, 4) is 0 Å². The van der Waals surface area contributed by atoms with Gasteiger partial charge in [0.15, 0.2) is 4.90 Å². The van der Waals surface area contributed by atoms with Gasteiger partial charge in [-0.15, -0.1) is 0 Å². The van der Waals surface area contributed by atoms with E-state index >= 15 is 0 Å². The topological polar surface area (TPSA) is 80.3 Å². The van der Waals surface area contributed by atoms with Crippen molar-refractivity contribution in [2.45, 2.75) is 24.8 Å². The molecule has 1 aliphatic heterocycles. The Morgan fingerprint density at radius 1 is 1.39 bits per heavy atom. The van der Waals surface area contributed by atoms with Crippen LogP contribution in [0.15, 0.2) is 29.2 Å². The van der Waals surface area contributed by atoms with Crippen molar-refractivity contribution < 1.29 is 13.3 Å². The molecule has 0 bridgehead atoms. The number of nitrogens with zero attached hydrogens (tertiary/aromatic N) is 2. The minimum absolute atomic E-state index is 0.0465. The van der Waals surface area contributed by atoms with Crippen LogP contribution in [0.4, 0.5) is 5.69 Å². The summed E-state index contributed by atoms with van der Waals surface area (Å²) in [6.45, 7) is 4.30. The van der Waals surface area contributed by atoms with Crippen molar-refractivity contribution in [2.75, 3.05) is 6.54 Å². The van der Waals surface area contributed by atoms with Crippen LogP contribution in [0, 0.1) is 16.0 Å². The molecule has 0 spiro atoms. The Morgan fingerprint density at radius 2 is 2.00 bits per heavy atom. The average Bonchev–Trinajstić information content (AvgIpc) is 3.09. The molecule has 0 saturated carbocycles. The maximum atomic E-state index is 12.3. The van der Waals surface area contributed by atoms with E-state index in [-0.39, 0.29) is 22.5 Å². The second-order valence-corrected chi connectivity index (χ2v) is 6.47. The molecule has 0 amide bonds. The van der Waals surface area contributed by atoms with E-state index in [0.717, 1.165) is 0 Å². The molecule has 1 heterocycles. The number of para-hydroxylation sites is 1. The molecule has 6 nitrogen and oxygen atoms in total. The maximum absolute atomic E-state index is 12.3. The Kier molecular flexibility index (Phi) is 3.12. The number of benzene rings is 1. The molecular formula is C11H14N2O4S. The largest absolute Gasteiger partial charge is 0.289 e. The van der Waals surface area contributed by atoms with E-state index in [9.17, 15) is 18.5 Å². The van der Waals surface area contributed by atoms with E-state index in [1.54, 1.807) is 0 Å². The lowest BCUT2D eigenvalue weighted by Crippen LogP contribution is -2.18. The van der Waals surface area contributed by atoms with E-state index in [1.165, 1.54) is 28.6 Å². The van der Waals surface area contributed by atoms with Crippen molar-refractivity contribution in [3.63, 3.8) is 0 Å². The van der Waals surface area contributed by atoms with Crippen molar-refractivity contribution in [1.29, 1.82) is 0 Å². The maximum Gasteiger partial charge on any atom is 0.289 e. The Labute approximate surface area is 105 Å². The molecule has 7 heteroatoms. The smallest absolute Gasteiger partial charge is 0.258 e. The van der Waals surface area contributed by atoms with Crippen molar-refractivity contribution in [3.05, 3.63) is 34.4 Å². The monoisotopic (exact) mass is 270 g/mol. The van der Waals surface area contributed by atoms with Crippen molar-refractivity contribution >= 4 is 15.7 Å². The van der Waals surface area contributed by atoms with Gasteiger partial charge in [-0.1, -0.05) is 26.0 Å². The minimum atomic E-state index is -3.74. The first-order valence-electron chi connectivity index (χ1n) is 5.61. The van der Waals surface area contributed by atoms with Crippen LogP contribution in [0.5, 0.6) is 0 Å². The van der Waals surface area contributed by atoms with Gasteiger partial charge >= 0.3 is 0 Å². The summed E-state index contributed by atoms with van der Waals surface area (Å²) in [5.41, 5.74) is -0.369. The van der Waals surface area contributed by atoms with Crippen LogP contribution in [0.3, 0.4) is 0 Å². The third kappa shape index (κ3) is 2.11. The van der Waals surface area contributed by atoms with Gasteiger partial charge in [0.25, 0.3) is 5.69 Å². The molecule has 1 fully saturated rings. The van der Waals surface area contributed by atoms with Gasteiger partial charge in [-0.2, -0.15) is 4.31 Å². The summed E-state index contributed by atoms with van der Waals surface area (Å²) in [5.74, 6) is 0.211. The first kappa shape index (κ1) is 13.0. The molecule has 1 aromatic carbocycles. The van der Waals surface area contributed by atoms with Crippen LogP contribution < -0.4 is 0 Å². The molecule has 0 radical (unpaired) electrons. The van der Waals surface area contributed by atoms with E-state index in [1.807, 2.05) is 13.8 Å². The van der Waals surface area contributed by atoms with Gasteiger partial charge in [-0.25, -0.2) is 8.42 Å². The SMILES string of the molecule is CC(C)C1CN1S(=O)(=O)c1ccccc1[N+](=O)[O-]. The van der Waals surface area contributed by atoms with E-state index < -0.39 is 14.9 Å². The lowest BCUT2D eigenvalue weighted by molar-refractivity contribution is -0.387. The molecule has 2 rings (SSSR count). The Hall–Kier alpha value is -1.47. The zero-order valence-electron chi connectivity index (χ0n) is 10.1. The summed E-state index contributed by atoms with van der Waals surface area (Å²) in [6, 6.07) is 5.40. The molecule has 2 unspecified atom stereocenters. The number of nitro benzene ring substituents is 1. The molecule has 2 atom stereocenters. The number of rotatable bonds is 4. The third-order valence-corrected chi connectivity index (χ3v) is 4.96. The van der Waals surface area contributed by atoms with Gasteiger partial charge in [0.2, 0.25) is 10.0 Å². The first-order chi connectivity index (χ1) is 8.35. The number of hydrogen-bond donors (Lipinski definition) is 0. The highest BCUT2D eigenvalue weighted by Crippen LogP contribution is 2.35. The average molecular weight is 270 g/mol. The van der Waals surface area contributed by atoms with E-state index in [4.69, 9.17) is 0 Å². The van der Waals surface area contributed by atoms with Crippen LogP contribution in [0.1, 0.15) is 13.8 Å². The summed E-state index contributed by atoms with van der Waals surface area (Å²) < 4.78 is 25.8. The zero-order valence-corrected chi connectivity index (χ0v) is 10.9.